The largest absolute Gasteiger partial charge is 0.376 e. The summed E-state index contributed by atoms with van der Waals surface area (Å²) >= 11 is 0. The zero-order valence-corrected chi connectivity index (χ0v) is 19.7. The van der Waals surface area contributed by atoms with Gasteiger partial charge in [0.2, 0.25) is 0 Å². The Labute approximate surface area is 198 Å². The van der Waals surface area contributed by atoms with Gasteiger partial charge in [-0.2, -0.15) is 0 Å². The van der Waals surface area contributed by atoms with Crippen molar-refractivity contribution in [3.8, 4) is 11.1 Å². The number of ether oxygens (including phenoxy) is 3. The summed E-state index contributed by atoms with van der Waals surface area (Å²) in [7, 11) is 0. The van der Waals surface area contributed by atoms with Gasteiger partial charge in [0.25, 0.3) is 0 Å². The average Bonchev–Trinajstić information content (AvgIpc) is 2.85. The lowest BCUT2D eigenvalue weighted by Crippen LogP contribution is -2.28. The molecule has 0 aliphatic carbocycles. The first-order chi connectivity index (χ1) is 16.4. The fourth-order valence-corrected chi connectivity index (χ4v) is 5.07. The predicted molar refractivity (Wildman–Crippen MR) is 121 cm³/mol. The van der Waals surface area contributed by atoms with Crippen LogP contribution in [0, 0.1) is 29.2 Å². The van der Waals surface area contributed by atoms with Gasteiger partial charge in [0, 0.05) is 28.9 Å². The van der Waals surface area contributed by atoms with Crippen molar-refractivity contribution in [3.05, 3.63) is 58.7 Å². The van der Waals surface area contributed by atoms with Gasteiger partial charge in [0.1, 0.15) is 0 Å². The Morgan fingerprint density at radius 2 is 1.29 bits per heavy atom. The summed E-state index contributed by atoms with van der Waals surface area (Å²) in [6, 6.07) is 5.40. The van der Waals surface area contributed by atoms with Crippen LogP contribution in [-0.2, 0) is 14.2 Å². The van der Waals surface area contributed by atoms with Gasteiger partial charge >= 0.3 is 0 Å². The minimum absolute atomic E-state index is 0.0605. The molecule has 0 bridgehead atoms. The molecule has 0 spiro atoms. The van der Waals surface area contributed by atoms with Crippen molar-refractivity contribution in [2.45, 2.75) is 70.7 Å². The van der Waals surface area contributed by atoms with Gasteiger partial charge in [0.15, 0.2) is 23.3 Å². The number of rotatable bonds is 7. The third-order valence-corrected chi connectivity index (χ3v) is 6.91. The molecule has 0 N–H and O–H groups in total. The van der Waals surface area contributed by atoms with Crippen LogP contribution in [0.1, 0.15) is 75.7 Å². The minimum atomic E-state index is -1.21. The zero-order valence-electron chi connectivity index (χ0n) is 19.7. The van der Waals surface area contributed by atoms with Crippen LogP contribution in [0.2, 0.25) is 0 Å². The molecule has 4 unspecified atom stereocenters. The third kappa shape index (κ3) is 5.16. The van der Waals surface area contributed by atoms with Crippen LogP contribution in [0.3, 0.4) is 0 Å². The fourth-order valence-electron chi connectivity index (χ4n) is 5.07. The molecule has 2 fully saturated rings. The molecule has 34 heavy (non-hydrogen) atoms. The van der Waals surface area contributed by atoms with E-state index in [0.29, 0.717) is 45.0 Å². The van der Waals surface area contributed by atoms with E-state index in [-0.39, 0.29) is 28.4 Å². The maximum atomic E-state index is 15.0. The van der Waals surface area contributed by atoms with Gasteiger partial charge in [-0.15, -0.1) is 0 Å². The van der Waals surface area contributed by atoms with Crippen molar-refractivity contribution in [1.29, 1.82) is 0 Å². The highest BCUT2D eigenvalue weighted by molar-refractivity contribution is 5.66. The molecule has 4 rings (SSSR count). The lowest BCUT2D eigenvalue weighted by Gasteiger charge is -2.30. The summed E-state index contributed by atoms with van der Waals surface area (Å²) < 4.78 is 77.0. The number of hydrogen-bond acceptors (Lipinski definition) is 3. The molecule has 4 atom stereocenters. The van der Waals surface area contributed by atoms with E-state index in [1.54, 1.807) is 0 Å². The molecular formula is C27H32F4O3. The van der Waals surface area contributed by atoms with Gasteiger partial charge in [-0.25, -0.2) is 17.6 Å². The highest BCUT2D eigenvalue weighted by Crippen LogP contribution is 2.39. The third-order valence-electron chi connectivity index (χ3n) is 6.91. The molecule has 2 aliphatic heterocycles. The molecule has 0 aromatic heterocycles. The lowest BCUT2D eigenvalue weighted by atomic mass is 9.90. The number of hydrogen-bond donors (Lipinski definition) is 0. The van der Waals surface area contributed by atoms with Crippen LogP contribution in [0.4, 0.5) is 17.6 Å². The Kier molecular flexibility index (Phi) is 8.27. The van der Waals surface area contributed by atoms with Crippen LogP contribution in [0.25, 0.3) is 11.1 Å². The topological polar surface area (TPSA) is 27.7 Å². The van der Waals surface area contributed by atoms with E-state index in [1.807, 2.05) is 6.92 Å². The quantitative estimate of drug-likeness (QED) is 0.386. The maximum absolute atomic E-state index is 15.0. The van der Waals surface area contributed by atoms with Crippen LogP contribution in [0.5, 0.6) is 0 Å². The van der Waals surface area contributed by atoms with Gasteiger partial charge < -0.3 is 14.2 Å². The van der Waals surface area contributed by atoms with Crippen LogP contribution < -0.4 is 0 Å². The van der Waals surface area contributed by atoms with Gasteiger partial charge in [-0.3, -0.25) is 0 Å². The minimum Gasteiger partial charge on any atom is -0.376 e. The van der Waals surface area contributed by atoms with Crippen LogP contribution in [0.15, 0.2) is 24.3 Å². The van der Waals surface area contributed by atoms with E-state index < -0.39 is 35.5 Å². The van der Waals surface area contributed by atoms with E-state index in [9.17, 15) is 8.78 Å². The molecule has 7 heteroatoms. The highest BCUT2D eigenvalue weighted by atomic mass is 19.2. The molecular weight excluding hydrogens is 448 g/mol. The van der Waals surface area contributed by atoms with Crippen molar-refractivity contribution < 1.29 is 31.8 Å². The van der Waals surface area contributed by atoms with Gasteiger partial charge in [-0.05, 0) is 44.9 Å². The summed E-state index contributed by atoms with van der Waals surface area (Å²) in [5, 5.41) is 0. The second-order valence-corrected chi connectivity index (χ2v) is 9.19. The number of benzene rings is 2. The highest BCUT2D eigenvalue weighted by Gasteiger charge is 2.30. The van der Waals surface area contributed by atoms with Crippen LogP contribution in [-0.4, -0.2) is 25.9 Å². The summed E-state index contributed by atoms with van der Waals surface area (Å²) in [6.07, 6.45) is 3.54. The van der Waals surface area contributed by atoms with Gasteiger partial charge in [-0.1, -0.05) is 37.6 Å². The standard InChI is InChI=1S/C27H32F4O3/c1-3-5-16-6-12-22(33-14-16)20-10-8-18(24(28)26(20)30)19-9-11-21(27(31)25(19)29)23-13-7-17(15-34-23)32-4-2/h8-11,16-17,22-23H,3-7,12-15H2,1-2H3. The second-order valence-electron chi connectivity index (χ2n) is 9.19. The first-order valence-corrected chi connectivity index (χ1v) is 12.2. The van der Waals surface area contributed by atoms with Crippen molar-refractivity contribution >= 4 is 0 Å². The van der Waals surface area contributed by atoms with Crippen molar-refractivity contribution in [2.24, 2.45) is 5.92 Å². The fraction of sp³-hybridized carbons (Fsp3) is 0.556. The van der Waals surface area contributed by atoms with E-state index in [2.05, 4.69) is 6.92 Å². The summed E-state index contributed by atoms with van der Waals surface area (Å²) in [4.78, 5) is 0. The first kappa shape index (κ1) is 25.1. The molecule has 2 heterocycles. The Bertz CT molecular complexity index is 901. The molecule has 2 aromatic carbocycles. The monoisotopic (exact) mass is 480 g/mol. The van der Waals surface area contributed by atoms with E-state index in [1.165, 1.54) is 24.3 Å². The van der Waals surface area contributed by atoms with E-state index in [4.69, 9.17) is 14.2 Å². The van der Waals surface area contributed by atoms with Crippen molar-refractivity contribution in [3.63, 3.8) is 0 Å². The van der Waals surface area contributed by atoms with Crippen molar-refractivity contribution in [1.82, 2.24) is 0 Å². The predicted octanol–water partition coefficient (Wildman–Crippen LogP) is 7.43. The molecule has 186 valence electrons. The molecule has 0 saturated carbocycles. The Balaban J connectivity index is 1.53. The molecule has 0 amide bonds. The Morgan fingerprint density at radius 3 is 1.74 bits per heavy atom. The Morgan fingerprint density at radius 1 is 0.735 bits per heavy atom. The summed E-state index contributed by atoms with van der Waals surface area (Å²) in [5.74, 6) is -4.15. The molecule has 3 nitrogen and oxygen atoms in total. The average molecular weight is 481 g/mol. The number of halogens is 4. The SMILES string of the molecule is CCCC1CCC(c2ccc(-c3ccc(C4CCC(OCC)CO4)c(F)c3F)c(F)c2F)OC1. The van der Waals surface area contributed by atoms with E-state index in [0.717, 1.165) is 19.3 Å². The summed E-state index contributed by atoms with van der Waals surface area (Å²) in [5.41, 5.74) is -0.441. The first-order valence-electron chi connectivity index (χ1n) is 12.2. The normalized spacial score (nSPS) is 25.5. The maximum Gasteiger partial charge on any atom is 0.167 e. The molecule has 2 aliphatic rings. The summed E-state index contributed by atoms with van der Waals surface area (Å²) in [6.45, 7) is 5.36. The zero-order chi connectivity index (χ0) is 24.2. The molecule has 2 saturated heterocycles. The van der Waals surface area contributed by atoms with Gasteiger partial charge in [0.05, 0.1) is 31.5 Å². The lowest BCUT2D eigenvalue weighted by molar-refractivity contribution is -0.0850. The van der Waals surface area contributed by atoms with E-state index >= 15 is 8.78 Å². The van der Waals surface area contributed by atoms with Crippen LogP contribution >= 0.6 is 0 Å². The second kappa shape index (κ2) is 11.2. The molecule has 2 aromatic rings. The smallest absolute Gasteiger partial charge is 0.167 e. The molecule has 0 radical (unpaired) electrons. The Hall–Kier alpha value is -1.96. The van der Waals surface area contributed by atoms with Crippen molar-refractivity contribution in [2.75, 3.05) is 19.8 Å².